The number of thiazole rings is 1. The maximum Gasteiger partial charge on any atom is 0.262 e. The summed E-state index contributed by atoms with van der Waals surface area (Å²) in [5.74, 6) is 0.351. The number of sulfonamides is 1. The summed E-state index contributed by atoms with van der Waals surface area (Å²) in [6.07, 6.45) is 1.66. The van der Waals surface area contributed by atoms with Crippen LogP contribution in [-0.4, -0.2) is 17.8 Å². The Kier molecular flexibility index (Phi) is 5.31. The van der Waals surface area contributed by atoms with E-state index in [2.05, 4.69) is 9.71 Å². The van der Waals surface area contributed by atoms with E-state index >= 15 is 0 Å². The molecule has 0 spiro atoms. The van der Waals surface area contributed by atoms with Gasteiger partial charge in [0, 0.05) is 17.6 Å². The molecule has 4 aromatic rings. The lowest BCUT2D eigenvalue weighted by Gasteiger charge is -2.14. The van der Waals surface area contributed by atoms with E-state index in [9.17, 15) is 13.2 Å². The Bertz CT molecular complexity index is 1370. The van der Waals surface area contributed by atoms with Gasteiger partial charge in [0.15, 0.2) is 4.96 Å². The van der Waals surface area contributed by atoms with E-state index in [1.807, 2.05) is 19.9 Å². The van der Waals surface area contributed by atoms with E-state index in [1.54, 1.807) is 48.0 Å². The third-order valence-corrected chi connectivity index (χ3v) is 6.58. The van der Waals surface area contributed by atoms with Crippen molar-refractivity contribution in [2.75, 3.05) is 4.72 Å². The first-order valence-electron chi connectivity index (χ1n) is 9.10. The van der Waals surface area contributed by atoms with Gasteiger partial charge in [0.2, 0.25) is 0 Å². The highest BCUT2D eigenvalue weighted by Crippen LogP contribution is 2.29. The quantitative estimate of drug-likeness (QED) is 0.492. The van der Waals surface area contributed by atoms with Crippen molar-refractivity contribution < 1.29 is 13.2 Å². The molecule has 0 aliphatic rings. The highest BCUT2D eigenvalue weighted by atomic mass is 32.2. The highest BCUT2D eigenvalue weighted by molar-refractivity contribution is 7.92. The van der Waals surface area contributed by atoms with Gasteiger partial charge < -0.3 is 4.74 Å². The minimum Gasteiger partial charge on any atom is -0.485 e. The summed E-state index contributed by atoms with van der Waals surface area (Å²) in [7, 11) is -3.78. The molecule has 154 valence electrons. The zero-order valence-corrected chi connectivity index (χ0v) is 18.0. The van der Waals surface area contributed by atoms with Crippen molar-refractivity contribution in [1.29, 1.82) is 0 Å². The van der Waals surface area contributed by atoms with E-state index in [1.165, 1.54) is 21.8 Å². The fourth-order valence-electron chi connectivity index (χ4n) is 2.88. The first-order valence-corrected chi connectivity index (χ1v) is 11.5. The molecule has 2 heterocycles. The Morgan fingerprint density at radius 2 is 1.80 bits per heavy atom. The molecule has 2 aromatic heterocycles. The normalized spacial score (nSPS) is 11.5. The van der Waals surface area contributed by atoms with Crippen LogP contribution in [0.3, 0.4) is 0 Å². The van der Waals surface area contributed by atoms with Crippen LogP contribution < -0.4 is 15.0 Å². The van der Waals surface area contributed by atoms with E-state index in [4.69, 9.17) is 4.74 Å². The van der Waals surface area contributed by atoms with Crippen molar-refractivity contribution in [3.8, 4) is 5.75 Å². The fourth-order valence-corrected chi connectivity index (χ4v) is 4.68. The van der Waals surface area contributed by atoms with Crippen molar-refractivity contribution in [1.82, 2.24) is 9.38 Å². The molecule has 7 nitrogen and oxygen atoms in total. The number of anilines is 1. The molecule has 0 aliphatic heterocycles. The van der Waals surface area contributed by atoms with Crippen LogP contribution >= 0.6 is 11.3 Å². The van der Waals surface area contributed by atoms with Gasteiger partial charge in [-0.15, -0.1) is 11.3 Å². The molecule has 0 radical (unpaired) electrons. The molecule has 1 N–H and O–H groups in total. The van der Waals surface area contributed by atoms with Crippen LogP contribution in [0.25, 0.3) is 4.96 Å². The molecule has 0 atom stereocenters. The zero-order chi connectivity index (χ0) is 21.3. The van der Waals surface area contributed by atoms with Gasteiger partial charge >= 0.3 is 0 Å². The number of fused-ring (bicyclic) bond motifs is 1. The molecule has 30 heavy (non-hydrogen) atoms. The molecule has 4 rings (SSSR count). The number of aryl methyl sites for hydroxylation is 2. The van der Waals surface area contributed by atoms with E-state index in [-0.39, 0.29) is 17.1 Å². The maximum absolute atomic E-state index is 12.8. The van der Waals surface area contributed by atoms with Gasteiger partial charge in [0.25, 0.3) is 15.6 Å². The Morgan fingerprint density at radius 3 is 2.57 bits per heavy atom. The van der Waals surface area contributed by atoms with Crippen molar-refractivity contribution in [2.45, 2.75) is 25.3 Å². The number of benzene rings is 2. The smallest absolute Gasteiger partial charge is 0.262 e. The second kappa shape index (κ2) is 7.92. The zero-order valence-electron chi connectivity index (χ0n) is 16.3. The molecule has 2 aromatic carbocycles. The number of nitrogens with zero attached hydrogens (tertiary/aromatic N) is 2. The predicted molar refractivity (Wildman–Crippen MR) is 117 cm³/mol. The van der Waals surface area contributed by atoms with Crippen LogP contribution in [0.5, 0.6) is 5.75 Å². The van der Waals surface area contributed by atoms with Gasteiger partial charge in [0.1, 0.15) is 12.4 Å². The van der Waals surface area contributed by atoms with Crippen LogP contribution in [0.1, 0.15) is 16.8 Å². The maximum atomic E-state index is 12.8. The minimum atomic E-state index is -3.78. The Hall–Kier alpha value is -3.17. The number of hydrogen-bond acceptors (Lipinski definition) is 6. The Balaban J connectivity index is 1.60. The average molecular weight is 442 g/mol. The number of nitrogens with one attached hydrogen (secondary N) is 1. The molecular formula is C21H19N3O4S2. The minimum absolute atomic E-state index is 0.0337. The molecule has 0 amide bonds. The molecule has 0 bridgehead atoms. The summed E-state index contributed by atoms with van der Waals surface area (Å²) in [6, 6.07) is 13.2. The number of rotatable bonds is 6. The van der Waals surface area contributed by atoms with Gasteiger partial charge in [-0.2, -0.15) is 0 Å². The van der Waals surface area contributed by atoms with Gasteiger partial charge in [-0.05, 0) is 43.7 Å². The Morgan fingerprint density at radius 1 is 1.07 bits per heavy atom. The van der Waals surface area contributed by atoms with Crippen LogP contribution in [0.2, 0.25) is 0 Å². The second-order valence-corrected chi connectivity index (χ2v) is 9.40. The average Bonchev–Trinajstić information content (AvgIpc) is 3.17. The van der Waals surface area contributed by atoms with Crippen LogP contribution in [0, 0.1) is 13.8 Å². The number of aromatic nitrogens is 2. The SMILES string of the molecule is Cc1ccc(S(=O)(=O)Nc2cc(C)ccc2OCc2cc(=O)n3ccsc3n2)cc1. The number of hydrogen-bond donors (Lipinski definition) is 1. The predicted octanol–water partition coefficient (Wildman–Crippen LogP) is 3.75. The lowest BCUT2D eigenvalue weighted by atomic mass is 10.2. The van der Waals surface area contributed by atoms with Crippen molar-refractivity contribution >= 4 is 32.0 Å². The van der Waals surface area contributed by atoms with Gasteiger partial charge in [0.05, 0.1) is 16.3 Å². The van der Waals surface area contributed by atoms with E-state index in [0.29, 0.717) is 22.1 Å². The van der Waals surface area contributed by atoms with Gasteiger partial charge in [-0.25, -0.2) is 13.4 Å². The molecule has 0 saturated heterocycles. The van der Waals surface area contributed by atoms with Crippen molar-refractivity contribution in [3.05, 3.63) is 87.3 Å². The van der Waals surface area contributed by atoms with Gasteiger partial charge in [-0.1, -0.05) is 23.8 Å². The van der Waals surface area contributed by atoms with Crippen LogP contribution in [-0.2, 0) is 16.6 Å². The highest BCUT2D eigenvalue weighted by Gasteiger charge is 2.17. The third-order valence-electron chi connectivity index (χ3n) is 4.44. The largest absolute Gasteiger partial charge is 0.485 e. The molecule has 9 heteroatoms. The van der Waals surface area contributed by atoms with Crippen LogP contribution in [0.15, 0.2) is 69.8 Å². The summed E-state index contributed by atoms with van der Waals surface area (Å²) >= 11 is 1.35. The summed E-state index contributed by atoms with van der Waals surface area (Å²) in [6.45, 7) is 3.79. The second-order valence-electron chi connectivity index (χ2n) is 6.85. The lowest BCUT2D eigenvalue weighted by Crippen LogP contribution is -2.15. The lowest BCUT2D eigenvalue weighted by molar-refractivity contribution is 0.303. The summed E-state index contributed by atoms with van der Waals surface area (Å²) < 4.78 is 35.5. The molecule has 0 fully saturated rings. The first-order chi connectivity index (χ1) is 14.3. The molecule has 0 aliphatic carbocycles. The third kappa shape index (κ3) is 4.22. The number of ether oxygens (including phenoxy) is 1. The Labute approximate surface area is 177 Å². The van der Waals surface area contributed by atoms with E-state index in [0.717, 1.165) is 11.1 Å². The summed E-state index contributed by atoms with van der Waals surface area (Å²) in [5, 5.41) is 1.78. The topological polar surface area (TPSA) is 89.8 Å². The monoisotopic (exact) mass is 441 g/mol. The first kappa shape index (κ1) is 20.1. The summed E-state index contributed by atoms with van der Waals surface area (Å²) in [4.78, 5) is 17.3. The molecular weight excluding hydrogens is 422 g/mol. The summed E-state index contributed by atoms with van der Waals surface area (Å²) in [5.41, 5.74) is 2.45. The molecule has 0 saturated carbocycles. The standard InChI is InChI=1S/C21H19N3O4S2/c1-14-3-6-17(7-4-14)30(26,27)23-18-11-15(2)5-8-19(18)28-13-16-12-20(25)24-9-10-29-21(24)22-16/h3-12,23H,13H2,1-2H3. The molecule has 0 unspecified atom stereocenters. The van der Waals surface area contributed by atoms with Crippen LogP contribution in [0.4, 0.5) is 5.69 Å². The van der Waals surface area contributed by atoms with E-state index < -0.39 is 10.0 Å². The van der Waals surface area contributed by atoms with Gasteiger partial charge in [-0.3, -0.25) is 13.9 Å². The van der Waals surface area contributed by atoms with Crippen molar-refractivity contribution in [2.24, 2.45) is 0 Å². The van der Waals surface area contributed by atoms with Crippen molar-refractivity contribution in [3.63, 3.8) is 0 Å². The fraction of sp³-hybridized carbons (Fsp3) is 0.143.